The normalized spacial score (nSPS) is 13.2. The Labute approximate surface area is 106 Å². The van der Waals surface area contributed by atoms with E-state index >= 15 is 0 Å². The quantitative estimate of drug-likeness (QED) is 0.912. The fourth-order valence-electron chi connectivity index (χ4n) is 1.65. The lowest BCUT2D eigenvalue weighted by Gasteiger charge is -2.12. The van der Waals surface area contributed by atoms with Crippen molar-refractivity contribution in [2.24, 2.45) is 0 Å². The van der Waals surface area contributed by atoms with Gasteiger partial charge in [0.25, 0.3) is 0 Å². The van der Waals surface area contributed by atoms with E-state index in [1.54, 1.807) is 36.7 Å². The van der Waals surface area contributed by atoms with E-state index in [9.17, 15) is 13.5 Å². The molecule has 1 heterocycles. The lowest BCUT2D eigenvalue weighted by molar-refractivity contribution is 0.220. The Hall–Kier alpha value is -1.72. The number of aliphatic hydroxyl groups excluding tert-OH is 1. The van der Waals surface area contributed by atoms with Crippen molar-refractivity contribution in [3.05, 3.63) is 59.9 Å². The molecule has 2 rings (SSSR count). The molecule has 94 valence electrons. The highest BCUT2D eigenvalue weighted by atomic mass is 32.2. The molecule has 0 bridgehead atoms. The van der Waals surface area contributed by atoms with Crippen molar-refractivity contribution in [3.8, 4) is 0 Å². The zero-order chi connectivity index (χ0) is 13.2. The molecule has 1 aromatic heterocycles. The van der Waals surface area contributed by atoms with Crippen molar-refractivity contribution in [1.29, 1.82) is 0 Å². The molecule has 1 N–H and O–H groups in total. The Morgan fingerprint density at radius 3 is 2.39 bits per heavy atom. The minimum atomic E-state index is -3.26. The number of benzene rings is 1. The number of sulfone groups is 1. The third-order valence-electron chi connectivity index (χ3n) is 2.62. The highest BCUT2D eigenvalue weighted by Crippen LogP contribution is 2.23. The van der Waals surface area contributed by atoms with E-state index < -0.39 is 15.9 Å². The van der Waals surface area contributed by atoms with Gasteiger partial charge in [0.1, 0.15) is 6.10 Å². The molecule has 0 fully saturated rings. The van der Waals surface area contributed by atoms with E-state index in [1.165, 1.54) is 12.1 Å². The maximum atomic E-state index is 11.5. The van der Waals surface area contributed by atoms with E-state index in [-0.39, 0.29) is 4.90 Å². The number of pyridine rings is 1. The molecular weight excluding hydrogens is 250 g/mol. The SMILES string of the molecule is CS(=O)(=O)c1cccc(C(O)c2ccncc2)c1. The minimum absolute atomic E-state index is 0.202. The molecule has 0 saturated carbocycles. The summed E-state index contributed by atoms with van der Waals surface area (Å²) < 4.78 is 22.9. The fourth-order valence-corrected chi connectivity index (χ4v) is 2.33. The van der Waals surface area contributed by atoms with Crippen LogP contribution in [-0.2, 0) is 9.84 Å². The zero-order valence-electron chi connectivity index (χ0n) is 9.82. The van der Waals surface area contributed by atoms with Crippen LogP contribution in [0.5, 0.6) is 0 Å². The van der Waals surface area contributed by atoms with Crippen LogP contribution in [0.25, 0.3) is 0 Å². The molecule has 0 saturated heterocycles. The van der Waals surface area contributed by atoms with Crippen LogP contribution in [0, 0.1) is 0 Å². The summed E-state index contributed by atoms with van der Waals surface area (Å²) in [4.78, 5) is 4.07. The molecule has 1 unspecified atom stereocenters. The lowest BCUT2D eigenvalue weighted by atomic mass is 10.0. The first-order valence-corrected chi connectivity index (χ1v) is 7.25. The lowest BCUT2D eigenvalue weighted by Crippen LogP contribution is -2.03. The van der Waals surface area contributed by atoms with Gasteiger partial charge in [-0.3, -0.25) is 4.98 Å². The van der Waals surface area contributed by atoms with Crippen LogP contribution >= 0.6 is 0 Å². The van der Waals surface area contributed by atoms with Gasteiger partial charge < -0.3 is 5.11 Å². The second-order valence-corrected chi connectivity index (χ2v) is 6.04. The van der Waals surface area contributed by atoms with Crippen LogP contribution in [0.15, 0.2) is 53.7 Å². The number of hydrogen-bond donors (Lipinski definition) is 1. The summed E-state index contributed by atoms with van der Waals surface area (Å²) in [5, 5.41) is 10.2. The van der Waals surface area contributed by atoms with Crippen molar-refractivity contribution < 1.29 is 13.5 Å². The Morgan fingerprint density at radius 1 is 1.11 bits per heavy atom. The molecule has 4 nitrogen and oxygen atoms in total. The summed E-state index contributed by atoms with van der Waals surface area (Å²) in [5.41, 5.74) is 1.22. The molecule has 18 heavy (non-hydrogen) atoms. The first-order valence-electron chi connectivity index (χ1n) is 5.36. The number of hydrogen-bond acceptors (Lipinski definition) is 4. The average molecular weight is 263 g/mol. The number of nitrogens with zero attached hydrogens (tertiary/aromatic N) is 1. The molecule has 0 aliphatic rings. The summed E-state index contributed by atoms with van der Waals surface area (Å²) >= 11 is 0. The standard InChI is InChI=1S/C13H13NO3S/c1-18(16,17)12-4-2-3-11(9-12)13(15)10-5-7-14-8-6-10/h2-9,13,15H,1H3. The van der Waals surface area contributed by atoms with Crippen molar-refractivity contribution in [2.45, 2.75) is 11.0 Å². The molecule has 0 radical (unpaired) electrons. The first kappa shape index (κ1) is 12.7. The van der Waals surface area contributed by atoms with Crippen LogP contribution in [-0.4, -0.2) is 24.8 Å². The van der Waals surface area contributed by atoms with Crippen molar-refractivity contribution >= 4 is 9.84 Å². The summed E-state index contributed by atoms with van der Waals surface area (Å²) in [6.45, 7) is 0. The first-order chi connectivity index (χ1) is 8.48. The van der Waals surface area contributed by atoms with Gasteiger partial charge in [-0.15, -0.1) is 0 Å². The summed E-state index contributed by atoms with van der Waals surface area (Å²) in [6.07, 6.45) is 3.46. The van der Waals surface area contributed by atoms with E-state index in [1.807, 2.05) is 0 Å². The largest absolute Gasteiger partial charge is 0.384 e. The van der Waals surface area contributed by atoms with E-state index in [2.05, 4.69) is 4.98 Å². The van der Waals surface area contributed by atoms with Crippen molar-refractivity contribution in [2.75, 3.05) is 6.26 Å². The Balaban J connectivity index is 2.41. The van der Waals surface area contributed by atoms with Gasteiger partial charge in [-0.2, -0.15) is 0 Å². The molecule has 5 heteroatoms. The summed E-state index contributed by atoms with van der Waals surface area (Å²) in [7, 11) is -3.26. The fraction of sp³-hybridized carbons (Fsp3) is 0.154. The molecular formula is C13H13NO3S. The summed E-state index contributed by atoms with van der Waals surface area (Å²) in [6, 6.07) is 9.70. The zero-order valence-corrected chi connectivity index (χ0v) is 10.6. The smallest absolute Gasteiger partial charge is 0.175 e. The molecule has 2 aromatic rings. The van der Waals surface area contributed by atoms with Crippen molar-refractivity contribution in [3.63, 3.8) is 0 Å². The van der Waals surface area contributed by atoms with Gasteiger partial charge in [0.05, 0.1) is 4.90 Å². The Morgan fingerprint density at radius 2 is 1.78 bits per heavy atom. The molecule has 0 aliphatic heterocycles. The molecule has 1 aromatic carbocycles. The summed E-state index contributed by atoms with van der Waals surface area (Å²) in [5.74, 6) is 0. The molecule has 0 amide bonds. The number of aliphatic hydroxyl groups is 1. The average Bonchev–Trinajstić information content (AvgIpc) is 2.38. The highest BCUT2D eigenvalue weighted by Gasteiger charge is 2.13. The van der Waals surface area contributed by atoms with Gasteiger partial charge in [-0.1, -0.05) is 12.1 Å². The predicted molar refractivity (Wildman–Crippen MR) is 67.9 cm³/mol. The third kappa shape index (κ3) is 2.75. The van der Waals surface area contributed by atoms with Gasteiger partial charge in [0, 0.05) is 18.6 Å². The van der Waals surface area contributed by atoms with Gasteiger partial charge in [-0.25, -0.2) is 8.42 Å². The molecule has 0 aliphatic carbocycles. The topological polar surface area (TPSA) is 67.3 Å². The maximum Gasteiger partial charge on any atom is 0.175 e. The minimum Gasteiger partial charge on any atom is -0.384 e. The van der Waals surface area contributed by atoms with E-state index in [0.29, 0.717) is 11.1 Å². The van der Waals surface area contributed by atoms with Crippen LogP contribution < -0.4 is 0 Å². The van der Waals surface area contributed by atoms with Crippen LogP contribution in [0.3, 0.4) is 0 Å². The van der Waals surface area contributed by atoms with Gasteiger partial charge in [0.15, 0.2) is 9.84 Å². The van der Waals surface area contributed by atoms with E-state index in [0.717, 1.165) is 6.26 Å². The van der Waals surface area contributed by atoms with Crippen molar-refractivity contribution in [1.82, 2.24) is 4.98 Å². The number of aromatic nitrogens is 1. The van der Waals surface area contributed by atoms with Gasteiger partial charge in [-0.05, 0) is 35.4 Å². The maximum absolute atomic E-state index is 11.5. The van der Waals surface area contributed by atoms with Gasteiger partial charge >= 0.3 is 0 Å². The van der Waals surface area contributed by atoms with E-state index in [4.69, 9.17) is 0 Å². The third-order valence-corrected chi connectivity index (χ3v) is 3.73. The Kier molecular flexibility index (Phi) is 3.45. The highest BCUT2D eigenvalue weighted by molar-refractivity contribution is 7.90. The molecule has 0 spiro atoms. The monoisotopic (exact) mass is 263 g/mol. The Bertz CT molecular complexity index is 638. The van der Waals surface area contributed by atoms with Crippen LogP contribution in [0.2, 0.25) is 0 Å². The molecule has 1 atom stereocenters. The van der Waals surface area contributed by atoms with Gasteiger partial charge in [0.2, 0.25) is 0 Å². The predicted octanol–water partition coefficient (Wildman–Crippen LogP) is 1.57. The second kappa shape index (κ2) is 4.88. The second-order valence-electron chi connectivity index (χ2n) is 4.03. The van der Waals surface area contributed by atoms with Crippen LogP contribution in [0.1, 0.15) is 17.2 Å². The van der Waals surface area contributed by atoms with Crippen LogP contribution in [0.4, 0.5) is 0 Å². The number of rotatable bonds is 3.